The number of nitrogens with zero attached hydrogens (tertiary/aromatic N) is 3. The largest absolute Gasteiger partial charge is 0.283 e. The molecule has 0 saturated heterocycles. The third-order valence-electron chi connectivity index (χ3n) is 3.96. The molecule has 20 heavy (non-hydrogen) atoms. The normalized spacial score (nSPS) is 21.5. The Morgan fingerprint density at radius 2 is 2.25 bits per heavy atom. The van der Waals surface area contributed by atoms with Crippen molar-refractivity contribution < 1.29 is 0 Å². The molecule has 2 aromatic heterocycles. The highest BCUT2D eigenvalue weighted by atomic mass is 32.2. The highest BCUT2D eigenvalue weighted by Crippen LogP contribution is 2.36. The van der Waals surface area contributed by atoms with E-state index >= 15 is 0 Å². The number of aromatic nitrogens is 2. The maximum atomic E-state index is 12.7. The molecule has 104 valence electrons. The topological polar surface area (TPSA) is 47.2 Å². The van der Waals surface area contributed by atoms with Crippen molar-refractivity contribution >= 4 is 39.0 Å². The molecule has 0 N–H and O–H groups in total. The molecule has 4 rings (SSSR count). The smallest absolute Gasteiger partial charge is 0.267 e. The predicted molar refractivity (Wildman–Crippen MR) is 84.3 cm³/mol. The summed E-state index contributed by atoms with van der Waals surface area (Å²) in [5, 5.41) is 5.94. The summed E-state index contributed by atoms with van der Waals surface area (Å²) in [5.74, 6) is 1.53. The fourth-order valence-electron chi connectivity index (χ4n) is 2.91. The van der Waals surface area contributed by atoms with Gasteiger partial charge in [-0.2, -0.15) is 9.78 Å². The molecule has 0 bridgehead atoms. The molecular weight excluding hydrogens is 290 g/mol. The standard InChI is InChI=1S/C14H15N3OS2/c1-7-3-4-9-10(5-7)20-12-11(9)13(18)17-14(15-12)19-6-8(2)16-17/h7H,3-6H2,1-2H3/t7-/m1/s1. The Hall–Kier alpha value is -1.14. The summed E-state index contributed by atoms with van der Waals surface area (Å²) in [6, 6.07) is 0. The van der Waals surface area contributed by atoms with Gasteiger partial charge >= 0.3 is 0 Å². The fourth-order valence-corrected chi connectivity index (χ4v) is 5.14. The van der Waals surface area contributed by atoms with E-state index in [-0.39, 0.29) is 5.56 Å². The van der Waals surface area contributed by atoms with Gasteiger partial charge in [-0.25, -0.2) is 4.98 Å². The molecule has 0 unspecified atom stereocenters. The van der Waals surface area contributed by atoms with Crippen molar-refractivity contribution in [2.24, 2.45) is 11.0 Å². The molecule has 0 amide bonds. The fraction of sp³-hybridized carbons (Fsp3) is 0.500. The van der Waals surface area contributed by atoms with Crippen molar-refractivity contribution in [1.82, 2.24) is 9.66 Å². The minimum Gasteiger partial charge on any atom is -0.267 e. The van der Waals surface area contributed by atoms with E-state index in [4.69, 9.17) is 0 Å². The summed E-state index contributed by atoms with van der Waals surface area (Å²) in [5.41, 5.74) is 2.23. The molecule has 4 nitrogen and oxygen atoms in total. The quantitative estimate of drug-likeness (QED) is 0.703. The van der Waals surface area contributed by atoms with Gasteiger partial charge in [0, 0.05) is 16.3 Å². The van der Waals surface area contributed by atoms with Crippen LogP contribution in [0.2, 0.25) is 0 Å². The zero-order valence-electron chi connectivity index (χ0n) is 11.5. The predicted octanol–water partition coefficient (Wildman–Crippen LogP) is 2.91. The van der Waals surface area contributed by atoms with Crippen LogP contribution in [0, 0.1) is 5.92 Å². The van der Waals surface area contributed by atoms with Gasteiger partial charge in [0.05, 0.1) is 5.39 Å². The van der Waals surface area contributed by atoms with Crippen LogP contribution in [0.15, 0.2) is 15.1 Å². The summed E-state index contributed by atoms with van der Waals surface area (Å²) < 4.78 is 1.50. The van der Waals surface area contributed by atoms with Gasteiger partial charge in [0.15, 0.2) is 5.16 Å². The summed E-state index contributed by atoms with van der Waals surface area (Å²) in [7, 11) is 0. The first kappa shape index (κ1) is 12.6. The summed E-state index contributed by atoms with van der Waals surface area (Å²) in [6.45, 7) is 4.24. The molecule has 1 atom stereocenters. The molecular formula is C14H15N3OS2. The van der Waals surface area contributed by atoms with E-state index in [0.29, 0.717) is 5.92 Å². The van der Waals surface area contributed by atoms with Gasteiger partial charge in [-0.05, 0) is 37.7 Å². The molecule has 0 aromatic carbocycles. The van der Waals surface area contributed by atoms with Gasteiger partial charge in [-0.1, -0.05) is 18.7 Å². The molecule has 0 spiro atoms. The molecule has 0 saturated carbocycles. The van der Waals surface area contributed by atoms with Crippen molar-refractivity contribution in [2.75, 3.05) is 5.75 Å². The van der Waals surface area contributed by atoms with Crippen LogP contribution in [0.25, 0.3) is 10.2 Å². The summed E-state index contributed by atoms with van der Waals surface area (Å²) in [6.07, 6.45) is 3.25. The highest BCUT2D eigenvalue weighted by molar-refractivity contribution is 7.99. The van der Waals surface area contributed by atoms with Crippen LogP contribution in [-0.2, 0) is 12.8 Å². The minimum atomic E-state index is 0.0172. The third-order valence-corrected chi connectivity index (χ3v) is 6.19. The first-order valence-corrected chi connectivity index (χ1v) is 8.68. The summed E-state index contributed by atoms with van der Waals surface area (Å²) in [4.78, 5) is 19.7. The summed E-state index contributed by atoms with van der Waals surface area (Å²) >= 11 is 3.31. The van der Waals surface area contributed by atoms with Crippen molar-refractivity contribution in [3.63, 3.8) is 0 Å². The van der Waals surface area contributed by atoms with Crippen LogP contribution >= 0.6 is 23.1 Å². The average Bonchev–Trinajstić information content (AvgIpc) is 2.77. The Morgan fingerprint density at radius 3 is 3.10 bits per heavy atom. The van der Waals surface area contributed by atoms with Gasteiger partial charge in [0.2, 0.25) is 0 Å². The number of rotatable bonds is 0. The van der Waals surface area contributed by atoms with Gasteiger partial charge in [0.25, 0.3) is 5.56 Å². The van der Waals surface area contributed by atoms with Gasteiger partial charge in [0.1, 0.15) is 4.83 Å². The van der Waals surface area contributed by atoms with Crippen LogP contribution in [0.1, 0.15) is 30.7 Å². The first-order chi connectivity index (χ1) is 9.63. The van der Waals surface area contributed by atoms with E-state index in [2.05, 4.69) is 17.0 Å². The van der Waals surface area contributed by atoms with Crippen molar-refractivity contribution in [3.8, 4) is 0 Å². The molecule has 1 aliphatic carbocycles. The molecule has 1 aliphatic heterocycles. The van der Waals surface area contributed by atoms with Gasteiger partial charge in [-0.15, -0.1) is 11.3 Å². The lowest BCUT2D eigenvalue weighted by Gasteiger charge is -2.17. The third kappa shape index (κ3) is 1.78. The average molecular weight is 305 g/mol. The van der Waals surface area contributed by atoms with E-state index < -0.39 is 0 Å². The van der Waals surface area contributed by atoms with Crippen LogP contribution in [0.3, 0.4) is 0 Å². The SMILES string of the molecule is CC1=Nn2c(nc3sc4c(c3c2=O)CC[C@@H](C)C4)SC1. The van der Waals surface area contributed by atoms with Crippen molar-refractivity contribution in [3.05, 3.63) is 20.8 Å². The lowest BCUT2D eigenvalue weighted by Crippen LogP contribution is -2.24. The van der Waals surface area contributed by atoms with E-state index in [1.165, 1.54) is 15.1 Å². The van der Waals surface area contributed by atoms with E-state index in [0.717, 1.165) is 46.1 Å². The molecule has 2 aliphatic rings. The second kappa shape index (κ2) is 4.43. The Labute approximate surface area is 124 Å². The number of thiophene rings is 1. The zero-order chi connectivity index (χ0) is 13.9. The second-order valence-corrected chi connectivity index (χ2v) is 7.69. The van der Waals surface area contributed by atoms with Gasteiger partial charge in [-0.3, -0.25) is 4.79 Å². The number of hydrogen-bond acceptors (Lipinski definition) is 5. The van der Waals surface area contributed by atoms with Crippen LogP contribution < -0.4 is 5.56 Å². The minimum absolute atomic E-state index is 0.0172. The Balaban J connectivity index is 2.03. The molecule has 6 heteroatoms. The highest BCUT2D eigenvalue weighted by Gasteiger charge is 2.25. The Morgan fingerprint density at radius 1 is 1.40 bits per heavy atom. The van der Waals surface area contributed by atoms with E-state index in [1.807, 2.05) is 6.92 Å². The molecule has 2 aromatic rings. The van der Waals surface area contributed by atoms with E-state index in [1.54, 1.807) is 23.1 Å². The number of aryl methyl sites for hydroxylation is 1. The van der Waals surface area contributed by atoms with Crippen LogP contribution in [0.4, 0.5) is 0 Å². The van der Waals surface area contributed by atoms with Crippen molar-refractivity contribution in [2.45, 2.75) is 38.3 Å². The first-order valence-electron chi connectivity index (χ1n) is 6.88. The molecule has 0 radical (unpaired) electrons. The lowest BCUT2D eigenvalue weighted by atomic mass is 9.89. The number of thioether (sulfide) groups is 1. The Bertz CT molecular complexity index is 803. The maximum Gasteiger partial charge on any atom is 0.283 e. The number of fused-ring (bicyclic) bond motifs is 4. The Kier molecular flexibility index (Phi) is 2.79. The number of hydrogen-bond donors (Lipinski definition) is 0. The van der Waals surface area contributed by atoms with E-state index in [9.17, 15) is 4.79 Å². The van der Waals surface area contributed by atoms with Crippen LogP contribution in [0.5, 0.6) is 0 Å². The molecule has 0 fully saturated rings. The zero-order valence-corrected chi connectivity index (χ0v) is 13.1. The van der Waals surface area contributed by atoms with Gasteiger partial charge < -0.3 is 0 Å². The lowest BCUT2D eigenvalue weighted by molar-refractivity contribution is 0.509. The molecule has 3 heterocycles. The second-order valence-electron chi connectivity index (χ2n) is 5.67. The maximum absolute atomic E-state index is 12.7. The van der Waals surface area contributed by atoms with Crippen molar-refractivity contribution in [1.29, 1.82) is 0 Å². The monoisotopic (exact) mass is 305 g/mol. The van der Waals surface area contributed by atoms with Crippen LogP contribution in [-0.4, -0.2) is 21.1 Å².